The summed E-state index contributed by atoms with van der Waals surface area (Å²) in [6, 6.07) is 5.40. The molecule has 0 atom stereocenters. The first-order valence-electron chi connectivity index (χ1n) is 9.74. The molecule has 1 aromatic heterocycles. The normalized spacial score (nSPS) is 17.8. The van der Waals surface area contributed by atoms with Crippen molar-refractivity contribution in [2.24, 2.45) is 7.05 Å². The largest absolute Gasteiger partial charge is 0.494 e. The van der Waals surface area contributed by atoms with Gasteiger partial charge >= 0.3 is 7.12 Å². The molecule has 1 saturated heterocycles. The lowest BCUT2D eigenvalue weighted by atomic mass is 9.78. The second-order valence-corrected chi connectivity index (χ2v) is 9.27. The van der Waals surface area contributed by atoms with E-state index in [1.54, 1.807) is 19.2 Å². The van der Waals surface area contributed by atoms with E-state index in [0.29, 0.717) is 22.2 Å². The van der Waals surface area contributed by atoms with Crippen molar-refractivity contribution in [3.63, 3.8) is 0 Å². The average molecular weight is 419 g/mol. The van der Waals surface area contributed by atoms with E-state index in [-0.39, 0.29) is 11.5 Å². The van der Waals surface area contributed by atoms with E-state index in [1.807, 2.05) is 54.5 Å². The van der Waals surface area contributed by atoms with Crippen LogP contribution in [-0.2, 0) is 16.4 Å². The summed E-state index contributed by atoms with van der Waals surface area (Å²) in [5, 5.41) is 4.63. The standard InChI is InChI=1S/C21H28BClN2O4/c1-12(2)15-11-17(24-25(8)19(15)26)27-18-13(3)9-14(10-16(18)23)22-28-20(4,5)21(6,7)29-22/h9-12H,1-8H3. The lowest BCUT2D eigenvalue weighted by Gasteiger charge is -2.32. The highest BCUT2D eigenvalue weighted by Crippen LogP contribution is 2.38. The van der Waals surface area contributed by atoms with E-state index in [2.05, 4.69) is 5.10 Å². The molecule has 156 valence electrons. The minimum atomic E-state index is -0.506. The SMILES string of the molecule is Cc1cc(B2OC(C)(C)C(C)(C)O2)cc(Cl)c1Oc1cc(C(C)C)c(=O)n(C)n1. The molecule has 3 rings (SSSR count). The van der Waals surface area contributed by atoms with Crippen LogP contribution in [0.1, 0.15) is 58.6 Å². The number of nitrogens with zero attached hydrogens (tertiary/aromatic N) is 2. The molecule has 2 heterocycles. The predicted molar refractivity (Wildman–Crippen MR) is 116 cm³/mol. The van der Waals surface area contributed by atoms with Gasteiger partial charge in [-0.25, -0.2) is 4.68 Å². The average Bonchev–Trinajstić information content (AvgIpc) is 2.81. The Morgan fingerprint density at radius 1 is 1.14 bits per heavy atom. The number of hydrogen-bond donors (Lipinski definition) is 0. The van der Waals surface area contributed by atoms with Gasteiger partial charge in [-0.1, -0.05) is 31.5 Å². The molecule has 29 heavy (non-hydrogen) atoms. The zero-order valence-corrected chi connectivity index (χ0v) is 19.0. The first-order valence-corrected chi connectivity index (χ1v) is 10.1. The third-order valence-corrected chi connectivity index (χ3v) is 5.95. The molecule has 1 aliphatic heterocycles. The summed E-state index contributed by atoms with van der Waals surface area (Å²) < 4.78 is 19.5. The van der Waals surface area contributed by atoms with E-state index in [0.717, 1.165) is 11.0 Å². The Hall–Kier alpha value is -1.83. The zero-order valence-electron chi connectivity index (χ0n) is 18.3. The van der Waals surface area contributed by atoms with Gasteiger partial charge < -0.3 is 14.0 Å². The van der Waals surface area contributed by atoms with Crippen molar-refractivity contribution in [1.82, 2.24) is 9.78 Å². The first-order chi connectivity index (χ1) is 13.3. The Morgan fingerprint density at radius 3 is 2.24 bits per heavy atom. The van der Waals surface area contributed by atoms with Crippen LogP contribution < -0.4 is 15.8 Å². The van der Waals surface area contributed by atoms with Crippen LogP contribution in [0.15, 0.2) is 23.0 Å². The molecule has 8 heteroatoms. The van der Waals surface area contributed by atoms with Gasteiger partial charge in [0.2, 0.25) is 5.88 Å². The highest BCUT2D eigenvalue weighted by atomic mass is 35.5. The molecule has 0 saturated carbocycles. The van der Waals surface area contributed by atoms with E-state index in [1.165, 1.54) is 4.68 Å². The quantitative estimate of drug-likeness (QED) is 0.703. The smallest absolute Gasteiger partial charge is 0.436 e. The Kier molecular flexibility index (Phi) is 5.62. The number of aryl methyl sites for hydroxylation is 2. The van der Waals surface area contributed by atoms with Gasteiger partial charge in [-0.15, -0.1) is 5.10 Å². The summed E-state index contributed by atoms with van der Waals surface area (Å²) in [5.74, 6) is 0.873. The van der Waals surface area contributed by atoms with Crippen molar-refractivity contribution >= 4 is 24.2 Å². The number of benzene rings is 1. The summed E-state index contributed by atoms with van der Waals surface area (Å²) in [5.41, 5.74) is 1.29. The van der Waals surface area contributed by atoms with Crippen molar-refractivity contribution in [1.29, 1.82) is 0 Å². The summed E-state index contributed by atoms with van der Waals surface area (Å²) >= 11 is 6.55. The molecular formula is C21H28BClN2O4. The van der Waals surface area contributed by atoms with Crippen molar-refractivity contribution in [3.05, 3.63) is 44.7 Å². The van der Waals surface area contributed by atoms with Crippen molar-refractivity contribution in [3.8, 4) is 11.6 Å². The van der Waals surface area contributed by atoms with Crippen LogP contribution in [0, 0.1) is 6.92 Å². The minimum absolute atomic E-state index is 0.0568. The summed E-state index contributed by atoms with van der Waals surface area (Å²) in [6.45, 7) is 13.9. The number of aromatic nitrogens is 2. The number of hydrogen-bond acceptors (Lipinski definition) is 5. The third-order valence-electron chi connectivity index (χ3n) is 5.67. The maximum Gasteiger partial charge on any atom is 0.494 e. The van der Waals surface area contributed by atoms with Crippen LogP contribution in [0.4, 0.5) is 0 Å². The fourth-order valence-electron chi connectivity index (χ4n) is 3.17. The lowest BCUT2D eigenvalue weighted by Crippen LogP contribution is -2.41. The summed E-state index contributed by atoms with van der Waals surface area (Å²) in [7, 11) is 1.10. The maximum atomic E-state index is 12.2. The van der Waals surface area contributed by atoms with Crippen LogP contribution >= 0.6 is 11.6 Å². The maximum absolute atomic E-state index is 12.2. The number of halogens is 1. The molecule has 0 N–H and O–H groups in total. The van der Waals surface area contributed by atoms with Gasteiger partial charge in [0, 0.05) is 18.7 Å². The van der Waals surface area contributed by atoms with Crippen LogP contribution in [0.3, 0.4) is 0 Å². The van der Waals surface area contributed by atoms with Gasteiger partial charge in [0.25, 0.3) is 5.56 Å². The fraction of sp³-hybridized carbons (Fsp3) is 0.524. The second-order valence-electron chi connectivity index (χ2n) is 8.86. The van der Waals surface area contributed by atoms with Crippen molar-refractivity contribution < 1.29 is 14.0 Å². The molecule has 0 unspecified atom stereocenters. The second kappa shape index (κ2) is 7.45. The highest BCUT2D eigenvalue weighted by molar-refractivity contribution is 6.62. The van der Waals surface area contributed by atoms with Gasteiger partial charge in [-0.2, -0.15) is 0 Å². The number of rotatable bonds is 4. The number of ether oxygens (including phenoxy) is 1. The first kappa shape index (κ1) is 21.9. The Morgan fingerprint density at radius 2 is 1.72 bits per heavy atom. The zero-order chi connectivity index (χ0) is 21.7. The molecule has 6 nitrogen and oxygen atoms in total. The Labute approximate surface area is 177 Å². The van der Waals surface area contributed by atoms with Gasteiger partial charge in [0.15, 0.2) is 5.75 Å². The molecule has 1 aliphatic rings. The molecule has 0 aliphatic carbocycles. The topological polar surface area (TPSA) is 62.6 Å². The van der Waals surface area contributed by atoms with Crippen LogP contribution in [-0.4, -0.2) is 28.1 Å². The molecular weight excluding hydrogens is 391 g/mol. The fourth-order valence-corrected chi connectivity index (χ4v) is 3.49. The van der Waals surface area contributed by atoms with Crippen LogP contribution in [0.5, 0.6) is 11.6 Å². The molecule has 0 spiro atoms. The van der Waals surface area contributed by atoms with Crippen molar-refractivity contribution in [2.45, 2.75) is 65.6 Å². The van der Waals surface area contributed by atoms with Crippen LogP contribution in [0.25, 0.3) is 0 Å². The van der Waals surface area contributed by atoms with E-state index < -0.39 is 18.3 Å². The molecule has 1 fully saturated rings. The molecule has 2 aromatic rings. The molecule has 0 amide bonds. The molecule has 1 aromatic carbocycles. The third kappa shape index (κ3) is 4.09. The molecule has 0 radical (unpaired) electrons. The van der Waals surface area contributed by atoms with Gasteiger partial charge in [-0.05, 0) is 57.6 Å². The lowest BCUT2D eigenvalue weighted by molar-refractivity contribution is 0.00578. The van der Waals surface area contributed by atoms with Crippen molar-refractivity contribution in [2.75, 3.05) is 0 Å². The molecule has 0 bridgehead atoms. The Balaban J connectivity index is 1.93. The van der Waals surface area contributed by atoms with Crippen LogP contribution in [0.2, 0.25) is 5.02 Å². The van der Waals surface area contributed by atoms with E-state index >= 15 is 0 Å². The predicted octanol–water partition coefficient (Wildman–Crippen LogP) is 3.96. The summed E-state index contributed by atoms with van der Waals surface area (Å²) in [4.78, 5) is 12.2. The Bertz CT molecular complexity index is 962. The van der Waals surface area contributed by atoms with Gasteiger partial charge in [0.1, 0.15) is 0 Å². The van der Waals surface area contributed by atoms with E-state index in [9.17, 15) is 4.79 Å². The summed E-state index contributed by atoms with van der Waals surface area (Å²) in [6.07, 6.45) is 0. The highest BCUT2D eigenvalue weighted by Gasteiger charge is 2.51. The van der Waals surface area contributed by atoms with Gasteiger partial charge in [0.05, 0.1) is 16.2 Å². The van der Waals surface area contributed by atoms with Gasteiger partial charge in [-0.3, -0.25) is 4.79 Å². The minimum Gasteiger partial charge on any atom is -0.436 e. The monoisotopic (exact) mass is 418 g/mol. The van der Waals surface area contributed by atoms with E-state index in [4.69, 9.17) is 25.6 Å².